The fourth-order valence-electron chi connectivity index (χ4n) is 2.45. The van der Waals surface area contributed by atoms with E-state index >= 15 is 0 Å². The number of nitrogens with one attached hydrogen (secondary N) is 2. The molecule has 0 saturated heterocycles. The zero-order chi connectivity index (χ0) is 24.6. The van der Waals surface area contributed by atoms with E-state index in [9.17, 15) is 31.7 Å². The van der Waals surface area contributed by atoms with E-state index in [2.05, 4.69) is 9.44 Å². The van der Waals surface area contributed by atoms with Gasteiger partial charge in [-0.2, -0.15) is 13.2 Å². The molecular weight excluding hydrogens is 521 g/mol. The standard InChI is InChI=1S/C18H21F3N4O4S4/c1-12-2-4-16(14(22)10-12)32-23-6-8-30-31-9-7-24-33(28,29)17-5-3-13(18(19,20)21)11-15(17)25(26)27/h2-5,10-11,23-24H,6-9,22H2,1H3. The highest BCUT2D eigenvalue weighted by Gasteiger charge is 2.35. The number of anilines is 1. The maximum Gasteiger partial charge on any atom is 0.416 e. The van der Waals surface area contributed by atoms with Gasteiger partial charge in [0, 0.05) is 41.2 Å². The lowest BCUT2D eigenvalue weighted by molar-refractivity contribution is -0.388. The average Bonchev–Trinajstić information content (AvgIpc) is 2.72. The monoisotopic (exact) mass is 542 g/mol. The minimum atomic E-state index is -4.82. The first-order valence-electron chi connectivity index (χ1n) is 9.27. The third kappa shape index (κ3) is 8.57. The Morgan fingerprint density at radius 1 is 1.09 bits per heavy atom. The molecule has 15 heteroatoms. The molecule has 0 atom stereocenters. The number of nitrogens with zero attached hydrogens (tertiary/aromatic N) is 1. The van der Waals surface area contributed by atoms with Crippen molar-refractivity contribution < 1.29 is 26.5 Å². The molecule has 0 spiro atoms. The van der Waals surface area contributed by atoms with Crippen molar-refractivity contribution in [2.45, 2.75) is 22.9 Å². The molecular formula is C18H21F3N4O4S4. The van der Waals surface area contributed by atoms with Crippen LogP contribution in [0, 0.1) is 17.0 Å². The van der Waals surface area contributed by atoms with Gasteiger partial charge < -0.3 is 5.73 Å². The molecule has 0 bridgehead atoms. The van der Waals surface area contributed by atoms with Crippen molar-refractivity contribution >= 4 is 54.9 Å². The first-order valence-corrected chi connectivity index (χ1v) is 14.1. The maximum atomic E-state index is 12.8. The summed E-state index contributed by atoms with van der Waals surface area (Å²) in [6.45, 7) is 2.58. The van der Waals surface area contributed by atoms with Gasteiger partial charge in [0.2, 0.25) is 10.0 Å². The number of rotatable bonds is 12. The van der Waals surface area contributed by atoms with Crippen LogP contribution in [0.15, 0.2) is 46.2 Å². The van der Waals surface area contributed by atoms with Crippen LogP contribution in [0.5, 0.6) is 0 Å². The van der Waals surface area contributed by atoms with Gasteiger partial charge in [0.1, 0.15) is 0 Å². The van der Waals surface area contributed by atoms with Gasteiger partial charge in [0.15, 0.2) is 4.90 Å². The number of benzene rings is 2. The molecule has 0 heterocycles. The molecule has 2 aromatic carbocycles. The van der Waals surface area contributed by atoms with Crippen molar-refractivity contribution in [2.75, 3.05) is 30.3 Å². The van der Waals surface area contributed by atoms with Gasteiger partial charge in [-0.05, 0) is 48.7 Å². The van der Waals surface area contributed by atoms with Crippen LogP contribution < -0.4 is 15.2 Å². The van der Waals surface area contributed by atoms with Crippen LogP contribution in [0.4, 0.5) is 24.5 Å². The molecule has 0 unspecified atom stereocenters. The highest BCUT2D eigenvalue weighted by atomic mass is 33.1. The smallest absolute Gasteiger partial charge is 0.398 e. The number of alkyl halides is 3. The van der Waals surface area contributed by atoms with E-state index in [1.54, 1.807) is 0 Å². The quantitative estimate of drug-likeness (QED) is 0.0889. The van der Waals surface area contributed by atoms with Crippen LogP contribution in [0.25, 0.3) is 0 Å². The molecule has 0 radical (unpaired) electrons. The molecule has 4 N–H and O–H groups in total. The summed E-state index contributed by atoms with van der Waals surface area (Å²) in [4.78, 5) is 10.1. The number of nitrogens with two attached hydrogens (primary N) is 1. The highest BCUT2D eigenvalue weighted by Crippen LogP contribution is 2.34. The number of nitrogen functional groups attached to an aromatic ring is 1. The molecule has 2 aromatic rings. The van der Waals surface area contributed by atoms with Crippen LogP contribution in [0.2, 0.25) is 0 Å². The highest BCUT2D eigenvalue weighted by molar-refractivity contribution is 8.76. The van der Waals surface area contributed by atoms with Gasteiger partial charge in [0.25, 0.3) is 5.69 Å². The van der Waals surface area contributed by atoms with Gasteiger partial charge in [-0.1, -0.05) is 27.7 Å². The number of nitro benzene ring substituents is 1. The number of sulfonamides is 1. The minimum absolute atomic E-state index is 0.0414. The zero-order valence-corrected chi connectivity index (χ0v) is 20.5. The van der Waals surface area contributed by atoms with Crippen LogP contribution in [-0.4, -0.2) is 37.9 Å². The molecule has 182 valence electrons. The number of aryl methyl sites for hydroxylation is 1. The van der Waals surface area contributed by atoms with Gasteiger partial charge in [-0.15, -0.1) is 0 Å². The molecule has 0 aliphatic carbocycles. The van der Waals surface area contributed by atoms with E-state index < -0.39 is 37.3 Å². The minimum Gasteiger partial charge on any atom is -0.398 e. The molecule has 8 nitrogen and oxygen atoms in total. The zero-order valence-electron chi connectivity index (χ0n) is 17.2. The number of halogens is 3. The summed E-state index contributed by atoms with van der Waals surface area (Å²) in [5.41, 5.74) is 5.28. The number of hydrogen-bond acceptors (Lipinski definition) is 9. The Morgan fingerprint density at radius 2 is 1.76 bits per heavy atom. The van der Waals surface area contributed by atoms with Crippen LogP contribution >= 0.6 is 33.5 Å². The van der Waals surface area contributed by atoms with Crippen LogP contribution in [0.1, 0.15) is 11.1 Å². The van der Waals surface area contributed by atoms with E-state index in [0.29, 0.717) is 30.1 Å². The first-order chi connectivity index (χ1) is 15.4. The van der Waals surface area contributed by atoms with E-state index in [0.717, 1.165) is 16.2 Å². The van der Waals surface area contributed by atoms with E-state index in [-0.39, 0.29) is 12.6 Å². The second-order valence-electron chi connectivity index (χ2n) is 6.52. The predicted octanol–water partition coefficient (Wildman–Crippen LogP) is 4.46. The topological polar surface area (TPSA) is 127 Å². The van der Waals surface area contributed by atoms with Crippen molar-refractivity contribution in [3.8, 4) is 0 Å². The molecule has 2 rings (SSSR count). The summed E-state index contributed by atoms with van der Waals surface area (Å²) in [5.74, 6) is 1.08. The molecule has 0 aliphatic rings. The first kappa shape index (κ1) is 27.6. The summed E-state index contributed by atoms with van der Waals surface area (Å²) in [5, 5.41) is 11.1. The van der Waals surface area contributed by atoms with Crippen molar-refractivity contribution in [1.29, 1.82) is 0 Å². The Morgan fingerprint density at radius 3 is 2.36 bits per heavy atom. The summed E-state index contributed by atoms with van der Waals surface area (Å²) < 4.78 is 68.4. The Labute approximate surface area is 201 Å². The normalized spacial score (nSPS) is 12.1. The summed E-state index contributed by atoms with van der Waals surface area (Å²) in [7, 11) is -1.46. The van der Waals surface area contributed by atoms with Gasteiger partial charge >= 0.3 is 6.18 Å². The third-order valence-electron chi connectivity index (χ3n) is 3.97. The SMILES string of the molecule is Cc1ccc(SNCCSSCCNS(=O)(=O)c2ccc(C(F)(F)F)cc2[N+](=O)[O-])c(N)c1. The lowest BCUT2D eigenvalue weighted by Crippen LogP contribution is -2.26. The van der Waals surface area contributed by atoms with E-state index in [1.165, 1.54) is 33.5 Å². The Hall–Kier alpha value is -1.65. The van der Waals surface area contributed by atoms with Crippen molar-refractivity contribution in [3.63, 3.8) is 0 Å². The lowest BCUT2D eigenvalue weighted by Gasteiger charge is -2.10. The molecule has 0 aliphatic heterocycles. The Balaban J connectivity index is 1.75. The largest absolute Gasteiger partial charge is 0.416 e. The average molecular weight is 543 g/mol. The van der Waals surface area contributed by atoms with Crippen molar-refractivity contribution in [3.05, 3.63) is 57.6 Å². The van der Waals surface area contributed by atoms with Gasteiger partial charge in [-0.3, -0.25) is 14.8 Å². The molecule has 33 heavy (non-hydrogen) atoms. The predicted molar refractivity (Wildman–Crippen MR) is 128 cm³/mol. The molecule has 0 aromatic heterocycles. The van der Waals surface area contributed by atoms with Crippen molar-refractivity contribution in [1.82, 2.24) is 9.44 Å². The number of hydrogen-bond donors (Lipinski definition) is 3. The summed E-state index contributed by atoms with van der Waals surface area (Å²) in [6, 6.07) is 7.09. The third-order valence-corrected chi connectivity index (χ3v) is 8.82. The molecule has 0 fully saturated rings. The van der Waals surface area contributed by atoms with E-state index in [4.69, 9.17) is 5.73 Å². The maximum absolute atomic E-state index is 12.8. The Kier molecular flexibility index (Phi) is 10.2. The fourth-order valence-corrected chi connectivity index (χ4v) is 6.38. The van der Waals surface area contributed by atoms with Crippen LogP contribution in [-0.2, 0) is 16.2 Å². The van der Waals surface area contributed by atoms with E-state index in [1.807, 2.05) is 25.1 Å². The lowest BCUT2D eigenvalue weighted by atomic mass is 10.2. The van der Waals surface area contributed by atoms with Crippen molar-refractivity contribution in [2.24, 2.45) is 0 Å². The fraction of sp³-hybridized carbons (Fsp3) is 0.333. The number of nitro groups is 1. The second kappa shape index (κ2) is 12.2. The van der Waals surface area contributed by atoms with Gasteiger partial charge in [0.05, 0.1) is 10.5 Å². The summed E-state index contributed by atoms with van der Waals surface area (Å²) in [6.07, 6.45) is -4.82. The Bertz CT molecular complexity index is 1080. The molecule has 0 saturated carbocycles. The van der Waals surface area contributed by atoms with Crippen LogP contribution in [0.3, 0.4) is 0 Å². The second-order valence-corrected chi connectivity index (χ2v) is 11.9. The summed E-state index contributed by atoms with van der Waals surface area (Å²) >= 11 is 1.42. The van der Waals surface area contributed by atoms with Gasteiger partial charge in [-0.25, -0.2) is 13.1 Å². The molecule has 0 amide bonds.